The number of aryl methyl sites for hydroxylation is 1. The highest BCUT2D eigenvalue weighted by atomic mass is 16.5. The number of hydrogen-bond acceptors (Lipinski definition) is 5. The lowest BCUT2D eigenvalue weighted by Crippen LogP contribution is -2.46. The van der Waals surface area contributed by atoms with E-state index < -0.39 is 0 Å². The number of carbonyl (C=O) groups excluding carboxylic acids is 1. The smallest absolute Gasteiger partial charge is 0.252 e. The zero-order valence-corrected chi connectivity index (χ0v) is 17.0. The Morgan fingerprint density at radius 1 is 1.28 bits per heavy atom. The Bertz CT molecular complexity index is 994. The molecule has 1 atom stereocenters. The van der Waals surface area contributed by atoms with E-state index >= 15 is 0 Å². The van der Waals surface area contributed by atoms with Gasteiger partial charge in [0.2, 0.25) is 0 Å². The summed E-state index contributed by atoms with van der Waals surface area (Å²) in [6.07, 6.45) is 3.75. The van der Waals surface area contributed by atoms with Crippen LogP contribution in [-0.2, 0) is 11.3 Å². The minimum absolute atomic E-state index is 0.0406. The maximum absolute atomic E-state index is 13.2. The summed E-state index contributed by atoms with van der Waals surface area (Å²) < 4.78 is 7.26. The van der Waals surface area contributed by atoms with E-state index in [0.29, 0.717) is 5.56 Å². The second kappa shape index (κ2) is 8.71. The number of pyridine rings is 1. The number of benzene rings is 1. The lowest BCUT2D eigenvalue weighted by molar-refractivity contribution is 0.0342. The number of fused-ring (bicyclic) bond motifs is 1. The van der Waals surface area contributed by atoms with Crippen molar-refractivity contribution in [1.82, 2.24) is 25.0 Å². The molecular formula is C22H27N5O2. The molecule has 0 unspecified atom stereocenters. The van der Waals surface area contributed by atoms with Crippen LogP contribution in [0.15, 0.2) is 42.7 Å². The van der Waals surface area contributed by atoms with Gasteiger partial charge >= 0.3 is 0 Å². The van der Waals surface area contributed by atoms with E-state index in [1.165, 1.54) is 0 Å². The Hall–Kier alpha value is -2.77. The minimum Gasteiger partial charge on any atom is -0.379 e. The summed E-state index contributed by atoms with van der Waals surface area (Å²) in [5.41, 5.74) is 3.12. The van der Waals surface area contributed by atoms with Gasteiger partial charge in [0.05, 0.1) is 36.2 Å². The molecule has 3 heterocycles. The fraction of sp³-hybridized carbons (Fsp3) is 0.409. The van der Waals surface area contributed by atoms with Crippen molar-refractivity contribution in [2.24, 2.45) is 0 Å². The SMILES string of the molecule is CCn1cc(-c2cc(C(=O)N[C@H](C)CN3CCOCC3)c3ccccc3n2)cn1. The molecule has 1 N–H and O–H groups in total. The number of ether oxygens (including phenoxy) is 1. The fourth-order valence-corrected chi connectivity index (χ4v) is 3.70. The molecule has 1 fully saturated rings. The minimum atomic E-state index is -0.0755. The zero-order valence-electron chi connectivity index (χ0n) is 17.0. The van der Waals surface area contributed by atoms with Crippen LogP contribution in [0.1, 0.15) is 24.2 Å². The van der Waals surface area contributed by atoms with Crippen LogP contribution in [0.25, 0.3) is 22.2 Å². The lowest BCUT2D eigenvalue weighted by atomic mass is 10.0. The lowest BCUT2D eigenvalue weighted by Gasteiger charge is -2.29. The molecule has 2 aromatic heterocycles. The number of carbonyl (C=O) groups is 1. The fourth-order valence-electron chi connectivity index (χ4n) is 3.70. The van der Waals surface area contributed by atoms with Crippen LogP contribution in [0, 0.1) is 0 Å². The van der Waals surface area contributed by atoms with E-state index in [4.69, 9.17) is 9.72 Å². The monoisotopic (exact) mass is 393 g/mol. The van der Waals surface area contributed by atoms with Gasteiger partial charge in [-0.1, -0.05) is 18.2 Å². The Labute approximate surface area is 170 Å². The quantitative estimate of drug-likeness (QED) is 0.697. The van der Waals surface area contributed by atoms with Crippen LogP contribution in [0.4, 0.5) is 0 Å². The van der Waals surface area contributed by atoms with Gasteiger partial charge in [-0.15, -0.1) is 0 Å². The molecule has 4 rings (SSSR count). The van der Waals surface area contributed by atoms with Crippen molar-refractivity contribution in [3.05, 3.63) is 48.3 Å². The van der Waals surface area contributed by atoms with Crippen molar-refractivity contribution in [2.75, 3.05) is 32.8 Å². The maximum Gasteiger partial charge on any atom is 0.252 e. The molecule has 1 aromatic carbocycles. The second-order valence-corrected chi connectivity index (χ2v) is 7.44. The first-order valence-corrected chi connectivity index (χ1v) is 10.2. The maximum atomic E-state index is 13.2. The van der Waals surface area contributed by atoms with E-state index in [-0.39, 0.29) is 11.9 Å². The molecule has 0 bridgehead atoms. The highest BCUT2D eigenvalue weighted by Gasteiger charge is 2.19. The summed E-state index contributed by atoms with van der Waals surface area (Å²) in [6, 6.07) is 9.68. The number of morpholine rings is 1. The van der Waals surface area contributed by atoms with Gasteiger partial charge in [-0.2, -0.15) is 5.10 Å². The molecule has 29 heavy (non-hydrogen) atoms. The molecule has 7 nitrogen and oxygen atoms in total. The number of hydrogen-bond donors (Lipinski definition) is 1. The number of para-hydroxylation sites is 1. The van der Waals surface area contributed by atoms with Crippen LogP contribution in [0.2, 0.25) is 0 Å². The van der Waals surface area contributed by atoms with E-state index in [1.54, 1.807) is 6.20 Å². The van der Waals surface area contributed by atoms with Crippen molar-refractivity contribution in [3.8, 4) is 11.3 Å². The predicted octanol–water partition coefficient (Wildman–Crippen LogP) is 2.57. The first-order chi connectivity index (χ1) is 14.1. The second-order valence-electron chi connectivity index (χ2n) is 7.44. The Balaban J connectivity index is 1.60. The van der Waals surface area contributed by atoms with Gasteiger partial charge in [0.25, 0.3) is 5.91 Å². The van der Waals surface area contributed by atoms with Gasteiger partial charge in [-0.05, 0) is 26.0 Å². The highest BCUT2D eigenvalue weighted by Crippen LogP contribution is 2.24. The molecule has 0 aliphatic carbocycles. The molecule has 152 valence electrons. The molecule has 1 saturated heterocycles. The van der Waals surface area contributed by atoms with E-state index in [9.17, 15) is 4.79 Å². The standard InChI is InChI=1S/C22H27N5O2/c1-3-27-15-17(13-23-27)21-12-19(18-6-4-5-7-20(18)25-21)22(28)24-16(2)14-26-8-10-29-11-9-26/h4-7,12-13,15-16H,3,8-11,14H2,1-2H3,(H,24,28)/t16-/m1/s1. The van der Waals surface area contributed by atoms with E-state index in [2.05, 4.69) is 15.3 Å². The predicted molar refractivity (Wildman–Crippen MR) is 113 cm³/mol. The molecule has 0 saturated carbocycles. The average Bonchev–Trinajstić information content (AvgIpc) is 3.23. The van der Waals surface area contributed by atoms with Crippen LogP contribution in [-0.4, -0.2) is 64.5 Å². The van der Waals surface area contributed by atoms with Crippen molar-refractivity contribution < 1.29 is 9.53 Å². The van der Waals surface area contributed by atoms with Gasteiger partial charge in [0.15, 0.2) is 0 Å². The summed E-state index contributed by atoms with van der Waals surface area (Å²) >= 11 is 0. The summed E-state index contributed by atoms with van der Waals surface area (Å²) in [6.45, 7) is 9.01. The summed E-state index contributed by atoms with van der Waals surface area (Å²) in [7, 11) is 0. The molecule has 1 aliphatic rings. The average molecular weight is 393 g/mol. The number of aromatic nitrogens is 3. The Morgan fingerprint density at radius 2 is 2.07 bits per heavy atom. The summed E-state index contributed by atoms with van der Waals surface area (Å²) in [5, 5.41) is 8.36. The zero-order chi connectivity index (χ0) is 20.2. The third-order valence-electron chi connectivity index (χ3n) is 5.23. The molecule has 7 heteroatoms. The normalized spacial score (nSPS) is 16.1. The Kier molecular flexibility index (Phi) is 5.87. The number of nitrogens with one attached hydrogen (secondary N) is 1. The molecule has 0 spiro atoms. The van der Waals surface area contributed by atoms with Crippen LogP contribution in [0.3, 0.4) is 0 Å². The molecule has 3 aromatic rings. The number of rotatable bonds is 6. The van der Waals surface area contributed by atoms with Crippen molar-refractivity contribution >= 4 is 16.8 Å². The van der Waals surface area contributed by atoms with Crippen LogP contribution in [0.5, 0.6) is 0 Å². The van der Waals surface area contributed by atoms with E-state index in [0.717, 1.165) is 61.6 Å². The third-order valence-corrected chi connectivity index (χ3v) is 5.23. The molecular weight excluding hydrogens is 366 g/mol. The van der Waals surface area contributed by atoms with Gasteiger partial charge in [0.1, 0.15) is 0 Å². The number of nitrogens with zero attached hydrogens (tertiary/aromatic N) is 4. The molecule has 1 amide bonds. The third kappa shape index (κ3) is 4.46. The van der Waals surface area contributed by atoms with Crippen molar-refractivity contribution in [3.63, 3.8) is 0 Å². The Morgan fingerprint density at radius 3 is 2.83 bits per heavy atom. The van der Waals surface area contributed by atoms with Crippen molar-refractivity contribution in [1.29, 1.82) is 0 Å². The molecule has 0 radical (unpaired) electrons. The largest absolute Gasteiger partial charge is 0.379 e. The van der Waals surface area contributed by atoms with Gasteiger partial charge in [0, 0.05) is 49.4 Å². The highest BCUT2D eigenvalue weighted by molar-refractivity contribution is 6.07. The van der Waals surface area contributed by atoms with Gasteiger partial charge < -0.3 is 10.1 Å². The molecule has 1 aliphatic heterocycles. The van der Waals surface area contributed by atoms with Crippen molar-refractivity contribution in [2.45, 2.75) is 26.4 Å². The first kappa shape index (κ1) is 19.5. The summed E-state index contributed by atoms with van der Waals surface area (Å²) in [4.78, 5) is 20.2. The van der Waals surface area contributed by atoms with Crippen LogP contribution >= 0.6 is 0 Å². The topological polar surface area (TPSA) is 72.3 Å². The van der Waals surface area contributed by atoms with E-state index in [1.807, 2.05) is 55.1 Å². The van der Waals surface area contributed by atoms with Gasteiger partial charge in [-0.25, -0.2) is 4.98 Å². The first-order valence-electron chi connectivity index (χ1n) is 10.2. The number of amides is 1. The van der Waals surface area contributed by atoms with Gasteiger partial charge in [-0.3, -0.25) is 14.4 Å². The van der Waals surface area contributed by atoms with Crippen LogP contribution < -0.4 is 5.32 Å². The summed E-state index contributed by atoms with van der Waals surface area (Å²) in [5.74, 6) is -0.0755.